The number of piperidine rings is 1. The molecule has 3 N–H and O–H groups in total. The summed E-state index contributed by atoms with van der Waals surface area (Å²) >= 11 is 0. The monoisotopic (exact) mass is 567 g/mol. The lowest BCUT2D eigenvalue weighted by Gasteiger charge is -2.31. The summed E-state index contributed by atoms with van der Waals surface area (Å²) in [6, 6.07) is 11.6. The Morgan fingerprint density at radius 2 is 1.83 bits per heavy atom. The molecule has 0 saturated carbocycles. The van der Waals surface area contributed by atoms with E-state index < -0.39 is 6.09 Å². The Morgan fingerprint density at radius 3 is 2.64 bits per heavy atom. The minimum atomic E-state index is -1.12. The van der Waals surface area contributed by atoms with Gasteiger partial charge in [-0.2, -0.15) is 10.2 Å². The third-order valence-corrected chi connectivity index (χ3v) is 7.28. The number of likely N-dealkylation sites (tertiary alicyclic amines) is 1. The Morgan fingerprint density at radius 1 is 1.05 bits per heavy atom. The third kappa shape index (κ3) is 5.70. The van der Waals surface area contributed by atoms with E-state index in [1.165, 1.54) is 24.8 Å². The van der Waals surface area contributed by atoms with E-state index >= 15 is 0 Å². The summed E-state index contributed by atoms with van der Waals surface area (Å²) in [6.07, 6.45) is 10.2. The second-order valence-corrected chi connectivity index (χ2v) is 9.99. The summed E-state index contributed by atoms with van der Waals surface area (Å²) in [6.45, 7) is 3.30. The molecule has 6 rings (SSSR count). The Labute approximate surface area is 240 Å². The van der Waals surface area contributed by atoms with E-state index in [-0.39, 0.29) is 18.4 Å². The van der Waals surface area contributed by atoms with Gasteiger partial charge < -0.3 is 25.4 Å². The zero-order chi connectivity index (χ0) is 29.1. The Balaban J connectivity index is 1.14. The van der Waals surface area contributed by atoms with Gasteiger partial charge in [-0.05, 0) is 67.1 Å². The molecule has 1 aliphatic rings. The van der Waals surface area contributed by atoms with Crippen LogP contribution in [-0.4, -0.2) is 70.8 Å². The zero-order valence-electron chi connectivity index (χ0n) is 22.8. The van der Waals surface area contributed by atoms with Crippen LogP contribution >= 0.6 is 0 Å². The van der Waals surface area contributed by atoms with Gasteiger partial charge in [-0.25, -0.2) is 23.8 Å². The van der Waals surface area contributed by atoms with Crippen molar-refractivity contribution in [3.63, 3.8) is 0 Å². The molecule has 0 radical (unpaired) electrons. The third-order valence-electron chi connectivity index (χ3n) is 7.28. The average molecular weight is 568 g/mol. The van der Waals surface area contributed by atoms with Gasteiger partial charge in [0.25, 0.3) is 0 Å². The fourth-order valence-electron chi connectivity index (χ4n) is 5.19. The lowest BCUT2D eigenvalue weighted by Crippen LogP contribution is -2.37. The van der Waals surface area contributed by atoms with Crippen LogP contribution in [0, 0.1) is 6.92 Å². The van der Waals surface area contributed by atoms with Crippen molar-refractivity contribution in [2.24, 2.45) is 0 Å². The number of carboxylic acid groups (broad SMARTS) is 1. The number of nitrogens with zero attached hydrogens (tertiary/aromatic N) is 7. The molecule has 1 aromatic carbocycles. The summed E-state index contributed by atoms with van der Waals surface area (Å²) < 4.78 is 9.61. The number of rotatable bonds is 8. The van der Waals surface area contributed by atoms with E-state index in [0.717, 1.165) is 40.9 Å². The normalized spacial score (nSPS) is 14.1. The molecule has 5 heterocycles. The molecule has 0 bridgehead atoms. The number of pyridine rings is 1. The molecule has 214 valence electrons. The fourth-order valence-corrected chi connectivity index (χ4v) is 5.19. The van der Waals surface area contributed by atoms with Gasteiger partial charge in [-0.1, -0.05) is 6.08 Å². The number of ether oxygens (including phenoxy) is 1. The molecular formula is C29H29N9O4. The van der Waals surface area contributed by atoms with Crippen molar-refractivity contribution in [2.75, 3.05) is 25.0 Å². The van der Waals surface area contributed by atoms with Crippen molar-refractivity contribution < 1.29 is 19.4 Å². The largest absolute Gasteiger partial charge is 0.465 e. The first kappa shape index (κ1) is 26.7. The van der Waals surface area contributed by atoms with E-state index in [0.29, 0.717) is 30.3 Å². The number of aryl methyl sites for hydroxylation is 1. The van der Waals surface area contributed by atoms with Crippen LogP contribution in [0.25, 0.3) is 11.2 Å². The molecule has 1 saturated heterocycles. The van der Waals surface area contributed by atoms with Gasteiger partial charge in [-0.15, -0.1) is 0 Å². The van der Waals surface area contributed by atoms with Crippen LogP contribution in [0.15, 0.2) is 73.6 Å². The van der Waals surface area contributed by atoms with Gasteiger partial charge >= 0.3 is 6.09 Å². The first-order chi connectivity index (χ1) is 20.4. The van der Waals surface area contributed by atoms with Gasteiger partial charge in [-0.3, -0.25) is 4.79 Å². The second kappa shape index (κ2) is 11.6. The van der Waals surface area contributed by atoms with Crippen molar-refractivity contribution in [1.82, 2.24) is 39.4 Å². The number of amides is 2. The van der Waals surface area contributed by atoms with Gasteiger partial charge in [0, 0.05) is 49.9 Å². The van der Waals surface area contributed by atoms with E-state index in [9.17, 15) is 9.59 Å². The molecule has 13 heteroatoms. The molecule has 0 aliphatic carbocycles. The van der Waals surface area contributed by atoms with Crippen LogP contribution in [0.2, 0.25) is 0 Å². The lowest BCUT2D eigenvalue weighted by molar-refractivity contribution is -0.127. The molecule has 0 atom stereocenters. The van der Waals surface area contributed by atoms with Gasteiger partial charge in [0.15, 0.2) is 11.5 Å². The Kier molecular flexibility index (Phi) is 7.37. The van der Waals surface area contributed by atoms with Crippen LogP contribution in [0.4, 0.5) is 16.3 Å². The molecule has 0 spiro atoms. The predicted octanol–water partition coefficient (Wildman–Crippen LogP) is 4.15. The topological polar surface area (TPSA) is 151 Å². The quantitative estimate of drug-likeness (QED) is 0.235. The average Bonchev–Trinajstić information content (AvgIpc) is 3.64. The summed E-state index contributed by atoms with van der Waals surface area (Å²) in [5, 5.41) is 22.8. The number of hydrogen-bond donors (Lipinski definition) is 3. The van der Waals surface area contributed by atoms with Gasteiger partial charge in [0.2, 0.25) is 5.91 Å². The predicted molar refractivity (Wildman–Crippen MR) is 154 cm³/mol. The molecule has 4 aromatic heterocycles. The van der Waals surface area contributed by atoms with Crippen molar-refractivity contribution in [3.05, 3.63) is 84.7 Å². The lowest BCUT2D eigenvalue weighted by atomic mass is 9.90. The highest BCUT2D eigenvalue weighted by Crippen LogP contribution is 2.35. The molecule has 42 heavy (non-hydrogen) atoms. The maximum Gasteiger partial charge on any atom is 0.404 e. The molecule has 0 unspecified atom stereocenters. The van der Waals surface area contributed by atoms with Crippen LogP contribution in [0.1, 0.15) is 29.9 Å². The summed E-state index contributed by atoms with van der Waals surface area (Å²) in [7, 11) is 0. The first-order valence-electron chi connectivity index (χ1n) is 13.5. The molecule has 1 aliphatic heterocycles. The first-order valence-corrected chi connectivity index (χ1v) is 13.5. The zero-order valence-corrected chi connectivity index (χ0v) is 22.8. The molecule has 13 nitrogen and oxygen atoms in total. The van der Waals surface area contributed by atoms with Crippen molar-refractivity contribution in [2.45, 2.75) is 25.7 Å². The number of aromatic nitrogens is 6. The van der Waals surface area contributed by atoms with Crippen molar-refractivity contribution in [3.8, 4) is 11.5 Å². The summed E-state index contributed by atoms with van der Waals surface area (Å²) in [5.41, 5.74) is 4.56. The molecule has 1 fully saturated rings. The highest BCUT2D eigenvalue weighted by atomic mass is 16.5. The van der Waals surface area contributed by atoms with E-state index in [1.54, 1.807) is 15.6 Å². The fraction of sp³-hybridized carbons (Fsp3) is 0.241. The van der Waals surface area contributed by atoms with Crippen molar-refractivity contribution >= 4 is 34.7 Å². The summed E-state index contributed by atoms with van der Waals surface area (Å²) in [4.78, 5) is 33.6. The molecular weight excluding hydrogens is 538 g/mol. The number of nitrogens with one attached hydrogen (secondary N) is 2. The van der Waals surface area contributed by atoms with Gasteiger partial charge in [0.1, 0.15) is 29.7 Å². The number of hydrogen-bond acceptors (Lipinski definition) is 8. The Bertz CT molecular complexity index is 1790. The van der Waals surface area contributed by atoms with Crippen LogP contribution in [0.3, 0.4) is 0 Å². The standard InChI is InChI=1S/C29H29N9O4/c1-19-15-21(4-5-24(19)42-22-8-13-37-25(16-22)31-17-33-37)35-28-27-23(9-14-38(27)34-18-32-28)20-6-11-36(12-7-20)26(39)3-2-10-30-29(40)41/h2-5,8-9,13-18,20,30H,6-7,10-12H2,1H3,(H,40,41)(H,32,34,35). The van der Waals surface area contributed by atoms with E-state index in [1.807, 2.05) is 48.0 Å². The molecule has 2 amide bonds. The number of fused-ring (bicyclic) bond motifs is 2. The SMILES string of the molecule is Cc1cc(Nc2ncnn3ccc(C4CCN(C(=O)C=CCNC(=O)O)CC4)c23)ccc1Oc1ccn2ncnc2c1. The van der Waals surface area contributed by atoms with E-state index in [2.05, 4.69) is 36.9 Å². The number of benzene rings is 1. The minimum absolute atomic E-state index is 0.0968. The smallest absolute Gasteiger partial charge is 0.404 e. The maximum absolute atomic E-state index is 12.5. The number of anilines is 2. The molecule has 5 aromatic rings. The highest BCUT2D eigenvalue weighted by molar-refractivity contribution is 5.87. The van der Waals surface area contributed by atoms with E-state index in [4.69, 9.17) is 9.84 Å². The van der Waals surface area contributed by atoms with Gasteiger partial charge in [0.05, 0.1) is 0 Å². The second-order valence-electron chi connectivity index (χ2n) is 9.99. The van der Waals surface area contributed by atoms with Crippen LogP contribution in [0.5, 0.6) is 11.5 Å². The number of carbonyl (C=O) groups excluding carboxylic acids is 1. The van der Waals surface area contributed by atoms with Crippen LogP contribution < -0.4 is 15.4 Å². The highest BCUT2D eigenvalue weighted by Gasteiger charge is 2.26. The number of carbonyl (C=O) groups is 2. The minimum Gasteiger partial charge on any atom is -0.465 e. The van der Waals surface area contributed by atoms with Crippen molar-refractivity contribution in [1.29, 1.82) is 0 Å². The summed E-state index contributed by atoms with van der Waals surface area (Å²) in [5.74, 6) is 2.23. The van der Waals surface area contributed by atoms with Crippen LogP contribution in [-0.2, 0) is 4.79 Å². The maximum atomic E-state index is 12.5. The Hall–Kier alpha value is -5.46.